The molecule has 0 aliphatic rings. The lowest BCUT2D eigenvalue weighted by Gasteiger charge is -2.03. The second-order valence-corrected chi connectivity index (χ2v) is 15.6. The maximum atomic E-state index is 4.23. The Hall–Kier alpha value is -1.24. The van der Waals surface area contributed by atoms with Crippen LogP contribution in [0.4, 0.5) is 0 Å². The van der Waals surface area contributed by atoms with Crippen LogP contribution in [-0.4, -0.2) is 26.1 Å². The molecule has 2 nitrogen and oxygen atoms in total. The van der Waals surface area contributed by atoms with Crippen LogP contribution in [0.25, 0.3) is 0 Å². The van der Waals surface area contributed by atoms with E-state index in [0.29, 0.717) is 0 Å². The van der Waals surface area contributed by atoms with Gasteiger partial charge in [0, 0.05) is 0 Å². The predicted octanol–water partition coefficient (Wildman–Crippen LogP) is 2.87. The van der Waals surface area contributed by atoms with Gasteiger partial charge in [-0.15, -0.1) is 11.1 Å². The number of aromatic amines is 1. The van der Waals surface area contributed by atoms with Gasteiger partial charge in [0.05, 0.1) is 6.33 Å². The van der Waals surface area contributed by atoms with Crippen LogP contribution in [0.15, 0.2) is 6.33 Å². The van der Waals surface area contributed by atoms with Crippen molar-refractivity contribution in [2.45, 2.75) is 39.3 Å². The Balaban J connectivity index is 3.01. The molecule has 1 rings (SSSR count). The zero-order valence-electron chi connectivity index (χ0n) is 11.5. The van der Waals surface area contributed by atoms with Gasteiger partial charge in [0.1, 0.15) is 27.5 Å². The molecule has 17 heavy (non-hydrogen) atoms. The Morgan fingerprint density at radius 2 is 1.47 bits per heavy atom. The minimum Gasteiger partial charge on any atom is -0.337 e. The van der Waals surface area contributed by atoms with Crippen LogP contribution >= 0.6 is 0 Å². The summed E-state index contributed by atoms with van der Waals surface area (Å²) >= 11 is 0. The van der Waals surface area contributed by atoms with E-state index in [9.17, 15) is 0 Å². The summed E-state index contributed by atoms with van der Waals surface area (Å²) in [7, 11) is -2.69. The zero-order chi connectivity index (χ0) is 13.1. The fourth-order valence-corrected chi connectivity index (χ4v) is 1.97. The monoisotopic (exact) mass is 260 g/mol. The van der Waals surface area contributed by atoms with E-state index in [0.717, 1.165) is 11.4 Å². The van der Waals surface area contributed by atoms with E-state index in [1.54, 1.807) is 6.33 Å². The minimum atomic E-state index is -1.35. The summed E-state index contributed by atoms with van der Waals surface area (Å²) in [5.74, 6) is 6.33. The highest BCUT2D eigenvalue weighted by molar-refractivity contribution is 6.84. The fourth-order valence-electron chi connectivity index (χ4n) is 0.981. The first-order valence-corrected chi connectivity index (χ1v) is 12.8. The maximum absolute atomic E-state index is 4.23. The lowest BCUT2D eigenvalue weighted by atomic mass is 10.3. The van der Waals surface area contributed by atoms with Gasteiger partial charge in [-0.3, -0.25) is 0 Å². The predicted molar refractivity (Wildman–Crippen MR) is 79.0 cm³/mol. The Kier molecular flexibility index (Phi) is 4.03. The molecule has 0 radical (unpaired) electrons. The van der Waals surface area contributed by atoms with E-state index in [1.807, 2.05) is 0 Å². The minimum absolute atomic E-state index is 0.790. The van der Waals surface area contributed by atoms with Gasteiger partial charge in [-0.2, -0.15) is 0 Å². The highest BCUT2D eigenvalue weighted by atomic mass is 28.3. The number of nitrogens with zero attached hydrogens (tertiary/aromatic N) is 1. The molecule has 0 saturated heterocycles. The normalized spacial score (nSPS) is 11.2. The summed E-state index contributed by atoms with van der Waals surface area (Å²) in [6.45, 7) is 13.3. The highest BCUT2D eigenvalue weighted by Gasteiger charge is 2.10. The fraction of sp³-hybridized carbons (Fsp3) is 0.462. The van der Waals surface area contributed by atoms with E-state index in [2.05, 4.69) is 72.2 Å². The van der Waals surface area contributed by atoms with Crippen molar-refractivity contribution in [2.75, 3.05) is 0 Å². The standard InChI is InChI=1S/C13H20N2Si2/c1-16(2,3)9-7-12-13(15-11-14-12)8-10-17(4,5)6/h11H,1-6H3,(H,14,15). The average Bonchev–Trinajstić information content (AvgIpc) is 2.56. The molecule has 1 N–H and O–H groups in total. The zero-order valence-corrected chi connectivity index (χ0v) is 13.5. The molecule has 90 valence electrons. The van der Waals surface area contributed by atoms with Gasteiger partial charge in [-0.25, -0.2) is 4.98 Å². The second-order valence-electron chi connectivity index (χ2n) is 6.13. The smallest absolute Gasteiger partial charge is 0.146 e. The Morgan fingerprint density at radius 1 is 0.941 bits per heavy atom. The highest BCUT2D eigenvalue weighted by Crippen LogP contribution is 2.03. The Bertz CT molecular complexity index is 461. The van der Waals surface area contributed by atoms with Gasteiger partial charge in [-0.1, -0.05) is 51.1 Å². The van der Waals surface area contributed by atoms with Crippen LogP contribution in [0.5, 0.6) is 0 Å². The molecule has 4 heteroatoms. The van der Waals surface area contributed by atoms with Crippen molar-refractivity contribution in [3.8, 4) is 22.9 Å². The molecule has 0 bridgehead atoms. The lowest BCUT2D eigenvalue weighted by Crippen LogP contribution is -2.16. The van der Waals surface area contributed by atoms with Crippen LogP contribution in [0, 0.1) is 22.9 Å². The van der Waals surface area contributed by atoms with Crippen LogP contribution < -0.4 is 0 Å². The van der Waals surface area contributed by atoms with Crippen molar-refractivity contribution in [3.05, 3.63) is 17.7 Å². The third-order valence-electron chi connectivity index (χ3n) is 1.76. The SMILES string of the molecule is C[Si](C)(C)C#Cc1nc[nH]c1C#C[Si](C)(C)C. The topological polar surface area (TPSA) is 28.7 Å². The van der Waals surface area contributed by atoms with Gasteiger partial charge in [0.25, 0.3) is 0 Å². The molecule has 1 aromatic heterocycles. The quantitative estimate of drug-likeness (QED) is 0.564. The molecule has 1 aromatic rings. The third kappa shape index (κ3) is 5.58. The molecule has 0 fully saturated rings. The van der Waals surface area contributed by atoms with Gasteiger partial charge in [0.2, 0.25) is 0 Å². The summed E-state index contributed by atoms with van der Waals surface area (Å²) < 4.78 is 0. The van der Waals surface area contributed by atoms with Crippen molar-refractivity contribution in [1.82, 2.24) is 9.97 Å². The summed E-state index contributed by atoms with van der Waals surface area (Å²) in [5.41, 5.74) is 8.28. The van der Waals surface area contributed by atoms with Crippen LogP contribution in [-0.2, 0) is 0 Å². The number of hydrogen-bond acceptors (Lipinski definition) is 1. The summed E-state index contributed by atoms with van der Waals surface area (Å²) in [6, 6.07) is 0. The van der Waals surface area contributed by atoms with Crippen LogP contribution in [0.3, 0.4) is 0 Å². The van der Waals surface area contributed by atoms with E-state index >= 15 is 0 Å². The van der Waals surface area contributed by atoms with Gasteiger partial charge in [0.15, 0.2) is 0 Å². The summed E-state index contributed by atoms with van der Waals surface area (Å²) in [4.78, 5) is 7.29. The number of aromatic nitrogens is 2. The first kappa shape index (κ1) is 13.8. The number of imidazole rings is 1. The molecule has 0 amide bonds. The van der Waals surface area contributed by atoms with Crippen molar-refractivity contribution >= 4 is 16.1 Å². The van der Waals surface area contributed by atoms with Crippen molar-refractivity contribution < 1.29 is 0 Å². The van der Waals surface area contributed by atoms with Crippen LogP contribution in [0.1, 0.15) is 11.4 Å². The van der Waals surface area contributed by atoms with Crippen molar-refractivity contribution in [1.29, 1.82) is 0 Å². The number of rotatable bonds is 0. The molecule has 0 aliphatic carbocycles. The Labute approximate surface area is 106 Å². The molecule has 0 atom stereocenters. The van der Waals surface area contributed by atoms with E-state index in [4.69, 9.17) is 0 Å². The average molecular weight is 260 g/mol. The molecule has 0 aliphatic heterocycles. The van der Waals surface area contributed by atoms with Gasteiger partial charge < -0.3 is 4.98 Å². The van der Waals surface area contributed by atoms with Gasteiger partial charge in [-0.05, 0) is 0 Å². The molecule has 0 unspecified atom stereocenters. The molecule has 0 aromatic carbocycles. The molecular weight excluding hydrogens is 240 g/mol. The summed E-state index contributed by atoms with van der Waals surface area (Å²) in [5, 5.41) is 0. The van der Waals surface area contributed by atoms with Crippen molar-refractivity contribution in [3.63, 3.8) is 0 Å². The molecule has 0 spiro atoms. The van der Waals surface area contributed by atoms with Gasteiger partial charge >= 0.3 is 0 Å². The lowest BCUT2D eigenvalue weighted by molar-refractivity contribution is 1.30. The number of hydrogen-bond donors (Lipinski definition) is 1. The molecule has 1 heterocycles. The summed E-state index contributed by atoms with van der Waals surface area (Å²) in [6.07, 6.45) is 1.67. The number of nitrogens with one attached hydrogen (secondary N) is 1. The maximum Gasteiger partial charge on any atom is 0.146 e. The third-order valence-corrected chi connectivity index (χ3v) is 3.51. The van der Waals surface area contributed by atoms with E-state index < -0.39 is 16.1 Å². The molecular formula is C13H20N2Si2. The molecule has 0 saturated carbocycles. The van der Waals surface area contributed by atoms with E-state index in [1.165, 1.54) is 0 Å². The van der Waals surface area contributed by atoms with E-state index in [-0.39, 0.29) is 0 Å². The first-order valence-electron chi connectivity index (χ1n) is 5.77. The van der Waals surface area contributed by atoms with Crippen molar-refractivity contribution in [2.24, 2.45) is 0 Å². The second kappa shape index (κ2) is 4.95. The first-order chi connectivity index (χ1) is 7.67. The number of H-pyrrole nitrogens is 1. The Morgan fingerprint density at radius 3 is 2.00 bits per heavy atom. The van der Waals surface area contributed by atoms with Crippen LogP contribution in [0.2, 0.25) is 39.3 Å². The largest absolute Gasteiger partial charge is 0.337 e.